The van der Waals surface area contributed by atoms with Gasteiger partial charge in [-0.2, -0.15) is 5.10 Å². The maximum Gasteiger partial charge on any atom is 0.0841 e. The predicted octanol–water partition coefficient (Wildman–Crippen LogP) is 3.63. The van der Waals surface area contributed by atoms with Crippen LogP contribution in [0.2, 0.25) is 0 Å². The first-order chi connectivity index (χ1) is 9.78. The molecule has 1 heterocycles. The number of hydrogen-bond donors (Lipinski definition) is 1. The normalized spacial score (nSPS) is 23.3. The molecule has 0 aliphatic heterocycles. The van der Waals surface area contributed by atoms with Crippen molar-refractivity contribution >= 4 is 10.9 Å². The van der Waals surface area contributed by atoms with Crippen LogP contribution in [0.25, 0.3) is 10.9 Å². The maximum atomic E-state index is 4.67. The van der Waals surface area contributed by atoms with Crippen LogP contribution in [0, 0.1) is 5.92 Å². The fourth-order valence-electron chi connectivity index (χ4n) is 3.51. The third kappa shape index (κ3) is 2.73. The maximum absolute atomic E-state index is 4.67. The molecule has 1 N–H and O–H groups in total. The average Bonchev–Trinajstić information content (AvgIpc) is 2.82. The summed E-state index contributed by atoms with van der Waals surface area (Å²) in [5.41, 5.74) is 2.40. The zero-order valence-electron chi connectivity index (χ0n) is 12.6. The van der Waals surface area contributed by atoms with Gasteiger partial charge < -0.3 is 5.32 Å². The Hall–Kier alpha value is -1.35. The number of aryl methyl sites for hydroxylation is 1. The Morgan fingerprint density at radius 1 is 1.30 bits per heavy atom. The molecule has 108 valence electrons. The minimum absolute atomic E-state index is 0.675. The van der Waals surface area contributed by atoms with Gasteiger partial charge in [0.15, 0.2) is 0 Å². The first-order valence-corrected chi connectivity index (χ1v) is 7.92. The molecule has 0 radical (unpaired) electrons. The van der Waals surface area contributed by atoms with Crippen LogP contribution in [-0.2, 0) is 13.6 Å². The highest BCUT2D eigenvalue weighted by molar-refractivity contribution is 5.81. The molecule has 2 unspecified atom stereocenters. The van der Waals surface area contributed by atoms with Gasteiger partial charge in [-0.3, -0.25) is 4.68 Å². The number of nitrogens with zero attached hydrogens (tertiary/aromatic N) is 2. The van der Waals surface area contributed by atoms with Gasteiger partial charge in [0.1, 0.15) is 0 Å². The van der Waals surface area contributed by atoms with Gasteiger partial charge in [-0.15, -0.1) is 0 Å². The molecule has 1 aliphatic rings. The van der Waals surface area contributed by atoms with E-state index in [1.807, 2.05) is 11.7 Å². The average molecular weight is 271 g/mol. The minimum atomic E-state index is 0.675. The lowest BCUT2D eigenvalue weighted by atomic mass is 9.84. The van der Waals surface area contributed by atoms with E-state index in [2.05, 4.69) is 41.6 Å². The molecular weight excluding hydrogens is 246 g/mol. The summed E-state index contributed by atoms with van der Waals surface area (Å²) >= 11 is 0. The highest BCUT2D eigenvalue weighted by Crippen LogP contribution is 2.27. The van der Waals surface area contributed by atoms with E-state index < -0.39 is 0 Å². The van der Waals surface area contributed by atoms with Crippen molar-refractivity contribution in [3.05, 3.63) is 30.0 Å². The lowest BCUT2D eigenvalue weighted by Gasteiger charge is -2.29. The predicted molar refractivity (Wildman–Crippen MR) is 83.6 cm³/mol. The summed E-state index contributed by atoms with van der Waals surface area (Å²) in [6.07, 6.45) is 6.77. The second-order valence-electron chi connectivity index (χ2n) is 6.11. The molecule has 0 spiro atoms. The largest absolute Gasteiger partial charge is 0.308 e. The van der Waals surface area contributed by atoms with E-state index >= 15 is 0 Å². The number of nitrogens with one attached hydrogen (secondary N) is 1. The summed E-state index contributed by atoms with van der Waals surface area (Å²) in [7, 11) is 2.03. The monoisotopic (exact) mass is 271 g/mol. The molecule has 1 saturated carbocycles. The summed E-state index contributed by atoms with van der Waals surface area (Å²) < 4.78 is 1.99. The van der Waals surface area contributed by atoms with Crippen LogP contribution in [0.1, 0.15) is 44.7 Å². The zero-order valence-corrected chi connectivity index (χ0v) is 12.6. The van der Waals surface area contributed by atoms with E-state index in [0.717, 1.165) is 12.5 Å². The molecule has 2 atom stereocenters. The Labute approximate surface area is 121 Å². The van der Waals surface area contributed by atoms with Crippen LogP contribution < -0.4 is 5.32 Å². The summed E-state index contributed by atoms with van der Waals surface area (Å²) in [4.78, 5) is 0. The van der Waals surface area contributed by atoms with Crippen molar-refractivity contribution in [2.75, 3.05) is 0 Å². The lowest BCUT2D eigenvalue weighted by Crippen LogP contribution is -2.33. The van der Waals surface area contributed by atoms with E-state index in [9.17, 15) is 0 Å². The third-order valence-corrected chi connectivity index (χ3v) is 4.75. The summed E-state index contributed by atoms with van der Waals surface area (Å²) in [6.45, 7) is 3.21. The van der Waals surface area contributed by atoms with Gasteiger partial charge in [0.2, 0.25) is 0 Å². The second-order valence-corrected chi connectivity index (χ2v) is 6.11. The van der Waals surface area contributed by atoms with Crippen molar-refractivity contribution in [2.24, 2.45) is 13.0 Å². The van der Waals surface area contributed by atoms with Gasteiger partial charge in [0, 0.05) is 25.0 Å². The molecule has 3 nitrogen and oxygen atoms in total. The molecule has 20 heavy (non-hydrogen) atoms. The van der Waals surface area contributed by atoms with Crippen molar-refractivity contribution in [3.8, 4) is 0 Å². The number of hydrogen-bond acceptors (Lipinski definition) is 2. The van der Waals surface area contributed by atoms with E-state index in [1.54, 1.807) is 0 Å². The van der Waals surface area contributed by atoms with E-state index in [1.165, 1.54) is 48.7 Å². The molecule has 1 aromatic carbocycles. The first-order valence-electron chi connectivity index (χ1n) is 7.92. The number of para-hydroxylation sites is 1. The lowest BCUT2D eigenvalue weighted by molar-refractivity contribution is 0.278. The smallest absolute Gasteiger partial charge is 0.0841 e. The fraction of sp³-hybridized carbons (Fsp3) is 0.588. The SMILES string of the molecule is CCC1CCCC(NCc2nn(C)c3ccccc23)C1. The van der Waals surface area contributed by atoms with Crippen LogP contribution in [0.15, 0.2) is 24.3 Å². The molecule has 2 aromatic rings. The summed E-state index contributed by atoms with van der Waals surface area (Å²) in [5, 5.41) is 9.68. The van der Waals surface area contributed by atoms with Gasteiger partial charge >= 0.3 is 0 Å². The quantitative estimate of drug-likeness (QED) is 0.920. The van der Waals surface area contributed by atoms with Crippen LogP contribution in [0.5, 0.6) is 0 Å². The second kappa shape index (κ2) is 5.96. The van der Waals surface area contributed by atoms with Crippen molar-refractivity contribution in [1.29, 1.82) is 0 Å². The molecular formula is C17H25N3. The van der Waals surface area contributed by atoms with E-state index in [4.69, 9.17) is 0 Å². The Morgan fingerprint density at radius 3 is 3.00 bits per heavy atom. The van der Waals surface area contributed by atoms with Crippen LogP contribution in [0.4, 0.5) is 0 Å². The van der Waals surface area contributed by atoms with E-state index in [0.29, 0.717) is 6.04 Å². The van der Waals surface area contributed by atoms with Crippen LogP contribution in [-0.4, -0.2) is 15.8 Å². The highest BCUT2D eigenvalue weighted by atomic mass is 15.3. The first kappa shape index (κ1) is 13.6. The van der Waals surface area contributed by atoms with Crippen molar-refractivity contribution in [1.82, 2.24) is 15.1 Å². The van der Waals surface area contributed by atoms with Crippen molar-refractivity contribution in [3.63, 3.8) is 0 Å². The topological polar surface area (TPSA) is 29.9 Å². The van der Waals surface area contributed by atoms with Gasteiger partial charge in [0.25, 0.3) is 0 Å². The van der Waals surface area contributed by atoms with Gasteiger partial charge in [-0.1, -0.05) is 44.4 Å². The van der Waals surface area contributed by atoms with Crippen molar-refractivity contribution in [2.45, 2.75) is 51.6 Å². The Balaban J connectivity index is 1.68. The Kier molecular flexibility index (Phi) is 4.06. The molecule has 0 saturated heterocycles. The highest BCUT2D eigenvalue weighted by Gasteiger charge is 2.20. The molecule has 3 rings (SSSR count). The third-order valence-electron chi connectivity index (χ3n) is 4.75. The molecule has 0 amide bonds. The minimum Gasteiger partial charge on any atom is -0.308 e. The van der Waals surface area contributed by atoms with Gasteiger partial charge in [-0.25, -0.2) is 0 Å². The molecule has 1 aromatic heterocycles. The standard InChI is InChI=1S/C17H25N3/c1-3-13-7-6-8-14(11-13)18-12-16-15-9-4-5-10-17(15)20(2)19-16/h4-5,9-10,13-14,18H,3,6-8,11-12H2,1-2H3. The molecule has 1 aliphatic carbocycles. The zero-order chi connectivity index (χ0) is 13.9. The van der Waals surface area contributed by atoms with Gasteiger partial charge in [-0.05, 0) is 24.8 Å². The number of benzene rings is 1. The summed E-state index contributed by atoms with van der Waals surface area (Å²) in [5.74, 6) is 0.918. The van der Waals surface area contributed by atoms with Gasteiger partial charge in [0.05, 0.1) is 11.2 Å². The van der Waals surface area contributed by atoms with Crippen LogP contribution in [0.3, 0.4) is 0 Å². The van der Waals surface area contributed by atoms with E-state index in [-0.39, 0.29) is 0 Å². The number of fused-ring (bicyclic) bond motifs is 1. The Bertz CT molecular complexity index is 573. The number of rotatable bonds is 4. The molecule has 1 fully saturated rings. The van der Waals surface area contributed by atoms with Crippen molar-refractivity contribution < 1.29 is 0 Å². The Morgan fingerprint density at radius 2 is 2.15 bits per heavy atom. The fourth-order valence-corrected chi connectivity index (χ4v) is 3.51. The molecule has 0 bridgehead atoms. The summed E-state index contributed by atoms with van der Waals surface area (Å²) in [6, 6.07) is 9.17. The number of aromatic nitrogens is 2. The van der Waals surface area contributed by atoms with Crippen LogP contribution >= 0.6 is 0 Å². The molecule has 3 heteroatoms.